The lowest BCUT2D eigenvalue weighted by Gasteiger charge is -2.14. The SMILES string of the molecule is CCOCCCN=C(NN)Nc1c(C)cc(C)cc1Br. The molecule has 5 nitrogen and oxygen atoms in total. The van der Waals surface area contributed by atoms with Gasteiger partial charge in [0.25, 0.3) is 0 Å². The monoisotopic (exact) mass is 342 g/mol. The first-order chi connectivity index (χ1) is 9.58. The normalized spacial score (nSPS) is 11.6. The van der Waals surface area contributed by atoms with E-state index in [1.165, 1.54) is 5.56 Å². The largest absolute Gasteiger partial charge is 0.382 e. The molecule has 0 atom stereocenters. The highest BCUT2D eigenvalue weighted by atomic mass is 79.9. The van der Waals surface area contributed by atoms with Gasteiger partial charge in [0.2, 0.25) is 5.96 Å². The van der Waals surface area contributed by atoms with Gasteiger partial charge in [-0.25, -0.2) is 5.84 Å². The van der Waals surface area contributed by atoms with Gasteiger partial charge >= 0.3 is 0 Å². The molecule has 0 spiro atoms. The third-order valence-corrected chi connectivity index (χ3v) is 3.36. The summed E-state index contributed by atoms with van der Waals surface area (Å²) in [5.74, 6) is 6.05. The topological polar surface area (TPSA) is 71.7 Å². The molecule has 0 saturated carbocycles. The van der Waals surface area contributed by atoms with E-state index in [1.807, 2.05) is 13.8 Å². The van der Waals surface area contributed by atoms with Crippen LogP contribution >= 0.6 is 15.9 Å². The van der Waals surface area contributed by atoms with E-state index in [0.717, 1.165) is 28.8 Å². The van der Waals surface area contributed by atoms with E-state index in [4.69, 9.17) is 10.6 Å². The van der Waals surface area contributed by atoms with Gasteiger partial charge in [0.15, 0.2) is 0 Å². The van der Waals surface area contributed by atoms with Crippen molar-refractivity contribution < 1.29 is 4.74 Å². The number of hydrogen-bond acceptors (Lipinski definition) is 3. The molecule has 0 bridgehead atoms. The van der Waals surface area contributed by atoms with E-state index < -0.39 is 0 Å². The van der Waals surface area contributed by atoms with Crippen LogP contribution in [0, 0.1) is 13.8 Å². The molecule has 0 heterocycles. The summed E-state index contributed by atoms with van der Waals surface area (Å²) in [5, 5.41) is 3.21. The number of hydrazine groups is 1. The second-order valence-electron chi connectivity index (χ2n) is 4.49. The Kier molecular flexibility index (Phi) is 7.58. The number of rotatable bonds is 6. The standard InChI is InChI=1S/C14H23BrN4O/c1-4-20-7-5-6-17-14(19-16)18-13-11(3)8-10(2)9-12(13)15/h8-9H,4-7,16H2,1-3H3,(H2,17,18,19). The maximum absolute atomic E-state index is 5.50. The van der Waals surface area contributed by atoms with Crippen molar-refractivity contribution in [3.8, 4) is 0 Å². The number of anilines is 1. The molecule has 0 radical (unpaired) electrons. The first-order valence-electron chi connectivity index (χ1n) is 6.71. The third-order valence-electron chi connectivity index (χ3n) is 2.73. The minimum atomic E-state index is 0.550. The predicted octanol–water partition coefficient (Wildman–Crippen LogP) is 2.72. The van der Waals surface area contributed by atoms with Crippen LogP contribution in [0.15, 0.2) is 21.6 Å². The molecule has 0 aliphatic carbocycles. The Labute approximate surface area is 129 Å². The summed E-state index contributed by atoms with van der Waals surface area (Å²) >= 11 is 3.55. The number of aryl methyl sites for hydroxylation is 2. The van der Waals surface area contributed by atoms with Gasteiger partial charge in [-0.15, -0.1) is 0 Å². The highest BCUT2D eigenvalue weighted by Crippen LogP contribution is 2.27. The molecular formula is C14H23BrN4O. The lowest BCUT2D eigenvalue weighted by Crippen LogP contribution is -2.36. The van der Waals surface area contributed by atoms with Crippen molar-refractivity contribution in [2.45, 2.75) is 27.2 Å². The number of nitrogens with zero attached hydrogens (tertiary/aromatic N) is 1. The summed E-state index contributed by atoms with van der Waals surface area (Å²) in [4.78, 5) is 4.38. The van der Waals surface area contributed by atoms with Crippen LogP contribution in [0.3, 0.4) is 0 Å². The number of nitrogens with two attached hydrogens (primary N) is 1. The van der Waals surface area contributed by atoms with Gasteiger partial charge in [-0.3, -0.25) is 10.4 Å². The summed E-state index contributed by atoms with van der Waals surface area (Å²) in [7, 11) is 0. The average molecular weight is 343 g/mol. The number of halogens is 1. The van der Waals surface area contributed by atoms with E-state index >= 15 is 0 Å². The van der Waals surface area contributed by atoms with Crippen molar-refractivity contribution in [2.24, 2.45) is 10.8 Å². The van der Waals surface area contributed by atoms with Crippen molar-refractivity contribution >= 4 is 27.6 Å². The average Bonchev–Trinajstić information content (AvgIpc) is 2.40. The molecule has 112 valence electrons. The van der Waals surface area contributed by atoms with E-state index in [-0.39, 0.29) is 0 Å². The minimum absolute atomic E-state index is 0.550. The van der Waals surface area contributed by atoms with E-state index in [9.17, 15) is 0 Å². The zero-order valence-corrected chi connectivity index (χ0v) is 13.9. The van der Waals surface area contributed by atoms with Crippen LogP contribution in [0.1, 0.15) is 24.5 Å². The molecular weight excluding hydrogens is 320 g/mol. The first-order valence-corrected chi connectivity index (χ1v) is 7.50. The second-order valence-corrected chi connectivity index (χ2v) is 5.34. The van der Waals surface area contributed by atoms with Crippen LogP contribution in [0.4, 0.5) is 5.69 Å². The molecule has 0 amide bonds. The van der Waals surface area contributed by atoms with Crippen LogP contribution in [0.2, 0.25) is 0 Å². The molecule has 6 heteroatoms. The number of benzene rings is 1. The molecule has 0 fully saturated rings. The Hall–Kier alpha value is -1.11. The number of guanidine groups is 1. The van der Waals surface area contributed by atoms with Crippen molar-refractivity contribution in [1.82, 2.24) is 5.43 Å². The van der Waals surface area contributed by atoms with Gasteiger partial charge in [0, 0.05) is 24.2 Å². The predicted molar refractivity (Wildman–Crippen MR) is 88.0 cm³/mol. The zero-order valence-electron chi connectivity index (χ0n) is 12.3. The van der Waals surface area contributed by atoms with Crippen molar-refractivity contribution in [3.63, 3.8) is 0 Å². The van der Waals surface area contributed by atoms with E-state index in [2.05, 4.69) is 50.7 Å². The molecule has 0 aliphatic heterocycles. The Morgan fingerprint density at radius 2 is 2.15 bits per heavy atom. The lowest BCUT2D eigenvalue weighted by molar-refractivity contribution is 0.146. The molecule has 1 rings (SSSR count). The number of nitrogens with one attached hydrogen (secondary N) is 2. The van der Waals surface area contributed by atoms with Gasteiger partial charge in [-0.1, -0.05) is 6.07 Å². The van der Waals surface area contributed by atoms with Crippen LogP contribution in [0.5, 0.6) is 0 Å². The van der Waals surface area contributed by atoms with E-state index in [0.29, 0.717) is 19.1 Å². The molecule has 20 heavy (non-hydrogen) atoms. The fraction of sp³-hybridized carbons (Fsp3) is 0.500. The fourth-order valence-corrected chi connectivity index (χ4v) is 2.59. The van der Waals surface area contributed by atoms with Crippen molar-refractivity contribution in [2.75, 3.05) is 25.1 Å². The second kappa shape index (κ2) is 8.94. The molecule has 4 N–H and O–H groups in total. The van der Waals surface area contributed by atoms with Gasteiger partial charge in [-0.2, -0.15) is 0 Å². The molecule has 1 aromatic carbocycles. The van der Waals surface area contributed by atoms with E-state index in [1.54, 1.807) is 0 Å². The zero-order chi connectivity index (χ0) is 15.0. The lowest BCUT2D eigenvalue weighted by atomic mass is 10.1. The third kappa shape index (κ3) is 5.48. The fourth-order valence-electron chi connectivity index (χ4n) is 1.82. The Morgan fingerprint density at radius 3 is 2.75 bits per heavy atom. The van der Waals surface area contributed by atoms with Crippen molar-refractivity contribution in [3.05, 3.63) is 27.7 Å². The number of aliphatic imine (C=N–C) groups is 1. The Bertz CT molecular complexity index is 439. The van der Waals surface area contributed by atoms with Crippen molar-refractivity contribution in [1.29, 1.82) is 0 Å². The first kappa shape index (κ1) is 16.9. The highest BCUT2D eigenvalue weighted by molar-refractivity contribution is 9.10. The summed E-state index contributed by atoms with van der Waals surface area (Å²) in [6.45, 7) is 8.20. The van der Waals surface area contributed by atoms with Crippen LogP contribution in [-0.2, 0) is 4.74 Å². The maximum atomic E-state index is 5.50. The Balaban J connectivity index is 2.66. The Morgan fingerprint density at radius 1 is 1.40 bits per heavy atom. The van der Waals surface area contributed by atoms with Gasteiger partial charge in [-0.05, 0) is 60.3 Å². The highest BCUT2D eigenvalue weighted by Gasteiger charge is 2.07. The molecule has 0 aromatic heterocycles. The van der Waals surface area contributed by atoms with Crippen LogP contribution in [-0.4, -0.2) is 25.7 Å². The molecule has 0 unspecified atom stereocenters. The minimum Gasteiger partial charge on any atom is -0.382 e. The quantitative estimate of drug-likeness (QED) is 0.244. The summed E-state index contributed by atoms with van der Waals surface area (Å²) in [5.41, 5.74) is 5.90. The van der Waals surface area contributed by atoms with Gasteiger partial charge in [0.1, 0.15) is 0 Å². The molecule has 0 saturated heterocycles. The smallest absolute Gasteiger partial charge is 0.210 e. The number of hydrogen-bond donors (Lipinski definition) is 3. The van der Waals surface area contributed by atoms with Crippen LogP contribution < -0.4 is 16.6 Å². The molecule has 0 aliphatic rings. The maximum Gasteiger partial charge on any atom is 0.210 e. The summed E-state index contributed by atoms with van der Waals surface area (Å²) in [6.07, 6.45) is 0.870. The number of ether oxygens (including phenoxy) is 1. The van der Waals surface area contributed by atoms with Crippen LogP contribution in [0.25, 0.3) is 0 Å². The van der Waals surface area contributed by atoms with Gasteiger partial charge < -0.3 is 10.1 Å². The summed E-state index contributed by atoms with van der Waals surface area (Å²) < 4.78 is 6.26. The van der Waals surface area contributed by atoms with Gasteiger partial charge in [0.05, 0.1) is 5.69 Å². The summed E-state index contributed by atoms with van der Waals surface area (Å²) in [6, 6.07) is 4.16. The molecule has 1 aromatic rings.